The van der Waals surface area contributed by atoms with Crippen LogP contribution in [-0.2, 0) is 10.1 Å². The second kappa shape index (κ2) is 9.53. The SMILES string of the molecule is CCCCCCC(O)C(C)S(=O)(=O)[O-].[K+]. The maximum Gasteiger partial charge on any atom is 1.00 e. The van der Waals surface area contributed by atoms with Gasteiger partial charge in [-0.15, -0.1) is 0 Å². The molecule has 6 heteroatoms. The van der Waals surface area contributed by atoms with Crippen molar-refractivity contribution >= 4 is 10.1 Å². The van der Waals surface area contributed by atoms with Gasteiger partial charge >= 0.3 is 51.4 Å². The Morgan fingerprint density at radius 2 is 1.80 bits per heavy atom. The molecule has 2 atom stereocenters. The molecule has 1 N–H and O–H groups in total. The summed E-state index contributed by atoms with van der Waals surface area (Å²) in [6.07, 6.45) is 3.28. The number of hydrogen-bond donors (Lipinski definition) is 1. The van der Waals surface area contributed by atoms with Gasteiger partial charge in [-0.3, -0.25) is 0 Å². The van der Waals surface area contributed by atoms with Gasteiger partial charge in [-0.25, -0.2) is 8.42 Å². The van der Waals surface area contributed by atoms with Crippen LogP contribution >= 0.6 is 0 Å². The smallest absolute Gasteiger partial charge is 0.748 e. The monoisotopic (exact) mass is 262 g/mol. The van der Waals surface area contributed by atoms with Crippen LogP contribution in [0.15, 0.2) is 0 Å². The number of unbranched alkanes of at least 4 members (excludes halogenated alkanes) is 3. The summed E-state index contributed by atoms with van der Waals surface area (Å²) in [5.41, 5.74) is 0. The van der Waals surface area contributed by atoms with Crippen LogP contribution < -0.4 is 51.4 Å². The predicted octanol–water partition coefficient (Wildman–Crippen LogP) is -1.74. The largest absolute Gasteiger partial charge is 1.00 e. The Bertz CT molecular complexity index is 240. The van der Waals surface area contributed by atoms with Crippen LogP contribution in [-0.4, -0.2) is 29.4 Å². The summed E-state index contributed by atoms with van der Waals surface area (Å²) in [6, 6.07) is 0. The van der Waals surface area contributed by atoms with Gasteiger partial charge in [0.2, 0.25) is 0 Å². The molecule has 0 aliphatic heterocycles. The molecule has 0 bridgehead atoms. The van der Waals surface area contributed by atoms with Crippen molar-refractivity contribution in [3.63, 3.8) is 0 Å². The minimum absolute atomic E-state index is 0. The first-order chi connectivity index (χ1) is 6.39. The van der Waals surface area contributed by atoms with E-state index < -0.39 is 21.5 Å². The summed E-state index contributed by atoms with van der Waals surface area (Å²) in [5.74, 6) is 0. The summed E-state index contributed by atoms with van der Waals surface area (Å²) >= 11 is 0. The molecule has 0 aliphatic rings. The molecule has 2 unspecified atom stereocenters. The summed E-state index contributed by atoms with van der Waals surface area (Å²) < 4.78 is 31.6. The molecule has 0 aromatic carbocycles. The van der Waals surface area contributed by atoms with Crippen molar-refractivity contribution in [2.45, 2.75) is 57.3 Å². The fourth-order valence-electron chi connectivity index (χ4n) is 1.21. The van der Waals surface area contributed by atoms with Gasteiger partial charge in [0.1, 0.15) is 0 Å². The van der Waals surface area contributed by atoms with E-state index in [9.17, 15) is 18.1 Å². The molecule has 0 saturated carbocycles. The Kier molecular flexibility index (Phi) is 12.0. The Labute approximate surface area is 135 Å². The van der Waals surface area contributed by atoms with Crippen molar-refractivity contribution in [3.05, 3.63) is 0 Å². The summed E-state index contributed by atoms with van der Waals surface area (Å²) in [7, 11) is -4.34. The number of aliphatic hydroxyl groups is 1. The van der Waals surface area contributed by atoms with Crippen LogP contribution in [0.4, 0.5) is 0 Å². The fourth-order valence-corrected chi connectivity index (χ4v) is 1.73. The Morgan fingerprint density at radius 3 is 2.20 bits per heavy atom. The topological polar surface area (TPSA) is 77.4 Å². The third-order valence-corrected chi connectivity index (χ3v) is 3.58. The second-order valence-corrected chi connectivity index (χ2v) is 5.34. The Balaban J connectivity index is 0. The first-order valence-corrected chi connectivity index (χ1v) is 6.49. The van der Waals surface area contributed by atoms with Crippen LogP contribution in [0.25, 0.3) is 0 Å². The van der Waals surface area contributed by atoms with Crippen LogP contribution in [0.5, 0.6) is 0 Å². The quantitative estimate of drug-likeness (QED) is 0.335. The fraction of sp³-hybridized carbons (Fsp3) is 1.00. The minimum Gasteiger partial charge on any atom is -0.748 e. The molecule has 0 saturated heterocycles. The number of rotatable bonds is 7. The standard InChI is InChI=1S/C9H20O4S.K/c1-3-4-5-6-7-9(10)8(2)14(11,12)13;/h8-10H,3-7H2,1-2H3,(H,11,12,13);/q;+1/p-1. The Morgan fingerprint density at radius 1 is 1.27 bits per heavy atom. The summed E-state index contributed by atoms with van der Waals surface area (Å²) in [5, 5.41) is 8.18. The second-order valence-electron chi connectivity index (χ2n) is 3.61. The molecule has 0 amide bonds. The van der Waals surface area contributed by atoms with Gasteiger partial charge in [-0.1, -0.05) is 32.6 Å². The average Bonchev–Trinajstić information content (AvgIpc) is 2.09. The maximum absolute atomic E-state index is 10.5. The average molecular weight is 262 g/mol. The van der Waals surface area contributed by atoms with Gasteiger partial charge in [0.05, 0.1) is 21.5 Å². The third kappa shape index (κ3) is 9.23. The van der Waals surface area contributed by atoms with E-state index in [1.165, 1.54) is 6.92 Å². The molecule has 0 radical (unpaired) electrons. The van der Waals surface area contributed by atoms with Crippen molar-refractivity contribution in [1.82, 2.24) is 0 Å². The molecule has 0 aliphatic carbocycles. The minimum atomic E-state index is -4.34. The van der Waals surface area contributed by atoms with Crippen LogP contribution in [0, 0.1) is 0 Å². The van der Waals surface area contributed by atoms with Gasteiger partial charge < -0.3 is 9.66 Å². The van der Waals surface area contributed by atoms with E-state index in [1.807, 2.05) is 0 Å². The molecular weight excluding hydrogens is 243 g/mol. The predicted molar refractivity (Wildman–Crippen MR) is 53.9 cm³/mol. The number of hydrogen-bond acceptors (Lipinski definition) is 4. The molecule has 4 nitrogen and oxygen atoms in total. The zero-order valence-corrected chi connectivity index (χ0v) is 13.7. The molecule has 0 rings (SSSR count). The molecule has 86 valence electrons. The van der Waals surface area contributed by atoms with E-state index in [0.717, 1.165) is 25.7 Å². The van der Waals surface area contributed by atoms with Crippen molar-refractivity contribution < 1.29 is 69.5 Å². The van der Waals surface area contributed by atoms with Crippen molar-refractivity contribution in [2.24, 2.45) is 0 Å². The first-order valence-electron chi connectivity index (χ1n) is 5.02. The number of aliphatic hydroxyl groups excluding tert-OH is 1. The molecular formula is C9H19KO4S. The van der Waals surface area contributed by atoms with Crippen LogP contribution in [0.2, 0.25) is 0 Å². The van der Waals surface area contributed by atoms with E-state index in [0.29, 0.717) is 6.42 Å². The van der Waals surface area contributed by atoms with E-state index in [2.05, 4.69) is 6.92 Å². The van der Waals surface area contributed by atoms with Crippen LogP contribution in [0.1, 0.15) is 46.0 Å². The maximum atomic E-state index is 10.5. The van der Waals surface area contributed by atoms with Crippen LogP contribution in [0.3, 0.4) is 0 Å². The Hall–Kier alpha value is 1.51. The molecule has 0 spiro atoms. The van der Waals surface area contributed by atoms with Gasteiger partial charge in [-0.05, 0) is 13.3 Å². The van der Waals surface area contributed by atoms with E-state index in [1.54, 1.807) is 0 Å². The van der Waals surface area contributed by atoms with Gasteiger partial charge in [0, 0.05) is 0 Å². The molecule has 15 heavy (non-hydrogen) atoms. The van der Waals surface area contributed by atoms with E-state index in [4.69, 9.17) is 0 Å². The van der Waals surface area contributed by atoms with Gasteiger partial charge in [0.15, 0.2) is 0 Å². The van der Waals surface area contributed by atoms with Crippen molar-refractivity contribution in [2.75, 3.05) is 0 Å². The zero-order chi connectivity index (χ0) is 11.2. The normalized spacial score (nSPS) is 15.5. The molecule has 0 aromatic heterocycles. The van der Waals surface area contributed by atoms with Gasteiger partial charge in [-0.2, -0.15) is 0 Å². The molecule has 0 heterocycles. The third-order valence-electron chi connectivity index (χ3n) is 2.35. The van der Waals surface area contributed by atoms with Gasteiger partial charge in [0.25, 0.3) is 0 Å². The summed E-state index contributed by atoms with van der Waals surface area (Å²) in [4.78, 5) is 0. The zero-order valence-electron chi connectivity index (χ0n) is 9.77. The van der Waals surface area contributed by atoms with E-state index in [-0.39, 0.29) is 51.4 Å². The first kappa shape index (κ1) is 18.9. The van der Waals surface area contributed by atoms with E-state index >= 15 is 0 Å². The molecule has 0 fully saturated rings. The molecule has 0 aromatic rings. The summed E-state index contributed by atoms with van der Waals surface area (Å²) in [6.45, 7) is 3.33. The van der Waals surface area contributed by atoms with Crippen molar-refractivity contribution in [3.8, 4) is 0 Å². The van der Waals surface area contributed by atoms with Crippen molar-refractivity contribution in [1.29, 1.82) is 0 Å².